The van der Waals surface area contributed by atoms with E-state index in [9.17, 15) is 0 Å². The average Bonchev–Trinajstić information content (AvgIpc) is 2.53. The van der Waals surface area contributed by atoms with Gasteiger partial charge in [0.2, 0.25) is 0 Å². The summed E-state index contributed by atoms with van der Waals surface area (Å²) < 4.78 is 0. The van der Waals surface area contributed by atoms with Crippen LogP contribution in [0.5, 0.6) is 0 Å². The van der Waals surface area contributed by atoms with E-state index in [0.29, 0.717) is 6.04 Å². The molecule has 0 bridgehead atoms. The van der Waals surface area contributed by atoms with Crippen LogP contribution in [0.2, 0.25) is 0 Å². The quantitative estimate of drug-likeness (QED) is 0.623. The van der Waals surface area contributed by atoms with E-state index in [0.717, 1.165) is 38.3 Å². The Morgan fingerprint density at radius 1 is 1.19 bits per heavy atom. The second-order valence-corrected chi connectivity index (χ2v) is 6.01. The Balaban J connectivity index is 1.93. The van der Waals surface area contributed by atoms with Gasteiger partial charge < -0.3 is 5.73 Å². The van der Waals surface area contributed by atoms with Crippen LogP contribution in [0.1, 0.15) is 31.7 Å². The first-order valence-electron chi connectivity index (χ1n) is 7.97. The van der Waals surface area contributed by atoms with Crippen molar-refractivity contribution in [2.24, 2.45) is 5.73 Å². The van der Waals surface area contributed by atoms with E-state index in [1.54, 1.807) is 0 Å². The number of piperazine rings is 1. The van der Waals surface area contributed by atoms with Crippen LogP contribution in [0.25, 0.3) is 0 Å². The normalized spacial score (nSPS) is 20.1. The number of benzene rings is 1. The zero-order valence-electron chi connectivity index (χ0n) is 13.3. The van der Waals surface area contributed by atoms with Gasteiger partial charge in [0.15, 0.2) is 0 Å². The number of nitrogens with two attached hydrogens (primary N) is 1. The number of amidine groups is 1. The van der Waals surface area contributed by atoms with Gasteiger partial charge in [0.1, 0.15) is 0 Å². The van der Waals surface area contributed by atoms with E-state index in [1.165, 1.54) is 6.42 Å². The average molecular weight is 288 g/mol. The Bertz CT molecular complexity index is 437. The first kappa shape index (κ1) is 16.0. The van der Waals surface area contributed by atoms with Crippen LogP contribution in [0.4, 0.5) is 0 Å². The van der Waals surface area contributed by atoms with Gasteiger partial charge in [-0.05, 0) is 18.9 Å². The van der Waals surface area contributed by atoms with E-state index < -0.39 is 0 Å². The summed E-state index contributed by atoms with van der Waals surface area (Å²) in [7, 11) is 0. The summed E-state index contributed by atoms with van der Waals surface area (Å²) in [5.74, 6) is 0.284. The molecule has 0 aliphatic carbocycles. The van der Waals surface area contributed by atoms with Crippen molar-refractivity contribution in [2.75, 3.05) is 32.7 Å². The standard InChI is InChI=1S/C17H28N4/c1-3-14(2)21-11-9-20(10-12-21)13-16(17(18)19)15-7-5-4-6-8-15/h4-8,14,16H,3,9-13H2,1-2H3,(H3,18,19). The molecule has 1 aromatic carbocycles. The lowest BCUT2D eigenvalue weighted by Gasteiger charge is -2.39. The van der Waals surface area contributed by atoms with Gasteiger partial charge in [-0.2, -0.15) is 0 Å². The third-order valence-electron chi connectivity index (χ3n) is 4.64. The first-order chi connectivity index (χ1) is 10.1. The maximum absolute atomic E-state index is 7.89. The Morgan fingerprint density at radius 2 is 1.81 bits per heavy atom. The molecule has 1 fully saturated rings. The zero-order chi connectivity index (χ0) is 15.2. The molecule has 1 heterocycles. The van der Waals surface area contributed by atoms with Gasteiger partial charge in [-0.25, -0.2) is 0 Å². The van der Waals surface area contributed by atoms with Crippen LogP contribution in [0, 0.1) is 5.41 Å². The fourth-order valence-electron chi connectivity index (χ4n) is 2.97. The third-order valence-corrected chi connectivity index (χ3v) is 4.64. The minimum Gasteiger partial charge on any atom is -0.387 e. The second kappa shape index (κ2) is 7.57. The van der Waals surface area contributed by atoms with Gasteiger partial charge in [-0.15, -0.1) is 0 Å². The summed E-state index contributed by atoms with van der Waals surface area (Å²) in [6.45, 7) is 9.79. The predicted molar refractivity (Wildman–Crippen MR) is 88.9 cm³/mol. The molecule has 0 radical (unpaired) electrons. The molecule has 0 saturated carbocycles. The Morgan fingerprint density at radius 3 is 2.33 bits per heavy atom. The molecule has 2 rings (SSSR count). The number of nitrogens with zero attached hydrogens (tertiary/aromatic N) is 2. The van der Waals surface area contributed by atoms with Crippen molar-refractivity contribution >= 4 is 5.84 Å². The maximum Gasteiger partial charge on any atom is 0.0995 e. The van der Waals surface area contributed by atoms with Crippen LogP contribution in [0.3, 0.4) is 0 Å². The summed E-state index contributed by atoms with van der Waals surface area (Å²) in [6.07, 6.45) is 1.21. The minimum absolute atomic E-state index is 0.0151. The Kier molecular flexibility index (Phi) is 5.76. The highest BCUT2D eigenvalue weighted by atomic mass is 15.3. The van der Waals surface area contributed by atoms with Gasteiger partial charge in [-0.1, -0.05) is 37.3 Å². The van der Waals surface area contributed by atoms with Crippen LogP contribution in [-0.2, 0) is 0 Å². The summed E-state index contributed by atoms with van der Waals surface area (Å²) >= 11 is 0. The highest BCUT2D eigenvalue weighted by Gasteiger charge is 2.24. The van der Waals surface area contributed by atoms with E-state index in [1.807, 2.05) is 18.2 Å². The molecule has 1 saturated heterocycles. The highest BCUT2D eigenvalue weighted by molar-refractivity contribution is 5.84. The molecule has 2 unspecified atom stereocenters. The number of hydrogen-bond donors (Lipinski definition) is 2. The van der Waals surface area contributed by atoms with Crippen molar-refractivity contribution in [3.8, 4) is 0 Å². The molecule has 0 spiro atoms. The molecule has 0 aromatic heterocycles. The highest BCUT2D eigenvalue weighted by Crippen LogP contribution is 2.18. The van der Waals surface area contributed by atoms with Gasteiger partial charge >= 0.3 is 0 Å². The third kappa shape index (κ3) is 4.29. The fraction of sp³-hybridized carbons (Fsp3) is 0.588. The topological polar surface area (TPSA) is 56.4 Å². The summed E-state index contributed by atoms with van der Waals surface area (Å²) in [4.78, 5) is 5.00. The Labute approximate surface area is 128 Å². The van der Waals surface area contributed by atoms with Crippen molar-refractivity contribution in [3.05, 3.63) is 35.9 Å². The molecule has 4 nitrogen and oxygen atoms in total. The van der Waals surface area contributed by atoms with Gasteiger partial charge in [0, 0.05) is 38.8 Å². The summed E-state index contributed by atoms with van der Waals surface area (Å²) in [6, 6.07) is 10.9. The molecule has 116 valence electrons. The van der Waals surface area contributed by atoms with Crippen LogP contribution < -0.4 is 5.73 Å². The molecule has 1 aromatic rings. The van der Waals surface area contributed by atoms with E-state index in [-0.39, 0.29) is 11.8 Å². The molecule has 4 heteroatoms. The maximum atomic E-state index is 7.89. The fourth-order valence-corrected chi connectivity index (χ4v) is 2.97. The molecule has 3 N–H and O–H groups in total. The molecule has 1 aliphatic rings. The van der Waals surface area contributed by atoms with Crippen molar-refractivity contribution in [3.63, 3.8) is 0 Å². The van der Waals surface area contributed by atoms with Crippen molar-refractivity contribution in [2.45, 2.75) is 32.2 Å². The zero-order valence-corrected chi connectivity index (χ0v) is 13.3. The lowest BCUT2D eigenvalue weighted by molar-refractivity contribution is 0.0998. The lowest BCUT2D eigenvalue weighted by Crippen LogP contribution is -2.50. The smallest absolute Gasteiger partial charge is 0.0995 e. The van der Waals surface area contributed by atoms with Crippen LogP contribution in [-0.4, -0.2) is 54.4 Å². The van der Waals surface area contributed by atoms with Gasteiger partial charge in [-0.3, -0.25) is 15.2 Å². The number of hydrogen-bond acceptors (Lipinski definition) is 3. The monoisotopic (exact) mass is 288 g/mol. The van der Waals surface area contributed by atoms with Gasteiger partial charge in [0.25, 0.3) is 0 Å². The SMILES string of the molecule is CCC(C)N1CCN(CC(C(=N)N)c2ccccc2)CC1. The number of nitrogens with one attached hydrogen (secondary N) is 1. The van der Waals surface area contributed by atoms with Crippen molar-refractivity contribution in [1.29, 1.82) is 5.41 Å². The van der Waals surface area contributed by atoms with Crippen molar-refractivity contribution in [1.82, 2.24) is 9.80 Å². The molecule has 0 amide bonds. The predicted octanol–water partition coefficient (Wildman–Crippen LogP) is 2.12. The lowest BCUT2D eigenvalue weighted by atomic mass is 9.97. The summed E-state index contributed by atoms with van der Waals surface area (Å²) in [5, 5.41) is 7.89. The molecule has 2 atom stereocenters. The van der Waals surface area contributed by atoms with Crippen LogP contribution >= 0.6 is 0 Å². The molecule has 21 heavy (non-hydrogen) atoms. The number of rotatable bonds is 6. The second-order valence-electron chi connectivity index (χ2n) is 6.01. The molecular weight excluding hydrogens is 260 g/mol. The van der Waals surface area contributed by atoms with Gasteiger partial charge in [0.05, 0.1) is 11.8 Å². The summed E-state index contributed by atoms with van der Waals surface area (Å²) in [5.41, 5.74) is 6.98. The van der Waals surface area contributed by atoms with Crippen LogP contribution in [0.15, 0.2) is 30.3 Å². The Hall–Kier alpha value is -1.39. The van der Waals surface area contributed by atoms with E-state index >= 15 is 0 Å². The van der Waals surface area contributed by atoms with E-state index in [2.05, 4.69) is 35.8 Å². The minimum atomic E-state index is 0.0151. The first-order valence-corrected chi connectivity index (χ1v) is 7.97. The molecular formula is C17H28N4. The molecule has 1 aliphatic heterocycles. The van der Waals surface area contributed by atoms with Crippen molar-refractivity contribution < 1.29 is 0 Å². The largest absolute Gasteiger partial charge is 0.387 e. The van der Waals surface area contributed by atoms with E-state index in [4.69, 9.17) is 11.1 Å².